The summed E-state index contributed by atoms with van der Waals surface area (Å²) in [5.74, 6) is -0.931. The summed E-state index contributed by atoms with van der Waals surface area (Å²) >= 11 is 0. The van der Waals surface area contributed by atoms with Crippen LogP contribution in [0.2, 0.25) is 0 Å². The highest BCUT2D eigenvalue weighted by atomic mass is 31.2. The highest BCUT2D eigenvalue weighted by molar-refractivity contribution is 7.47. The van der Waals surface area contributed by atoms with E-state index in [2.05, 4.69) is 56.4 Å². The van der Waals surface area contributed by atoms with Gasteiger partial charge in [-0.1, -0.05) is 139 Å². The molecule has 0 aromatic heterocycles. The summed E-state index contributed by atoms with van der Waals surface area (Å²) in [5.41, 5.74) is 5.33. The summed E-state index contributed by atoms with van der Waals surface area (Å²) in [6.07, 6.45) is 41.6. The van der Waals surface area contributed by atoms with Gasteiger partial charge in [-0.2, -0.15) is 0 Å². The Kier molecular flexibility index (Phi) is 37.2. The van der Waals surface area contributed by atoms with E-state index in [-0.39, 0.29) is 38.7 Å². The molecule has 0 saturated heterocycles. The Balaban J connectivity index is 4.32. The number of phosphoric acid groups is 1. The Morgan fingerprint density at radius 1 is 0.630 bits per heavy atom. The lowest BCUT2D eigenvalue weighted by Crippen LogP contribution is -2.29. The number of unbranched alkanes of at least 4 members (excludes halogenated alkanes) is 13. The van der Waals surface area contributed by atoms with Gasteiger partial charge in [-0.3, -0.25) is 18.6 Å². The number of allylic oxidation sites excluding steroid dienone is 9. The Morgan fingerprint density at radius 2 is 1.15 bits per heavy atom. The summed E-state index contributed by atoms with van der Waals surface area (Å²) < 4.78 is 32.6. The van der Waals surface area contributed by atoms with Gasteiger partial charge in [0, 0.05) is 19.4 Å². The number of hydrogen-bond acceptors (Lipinski definition) is 9. The van der Waals surface area contributed by atoms with Crippen LogP contribution in [-0.2, 0) is 32.7 Å². The predicted molar refractivity (Wildman–Crippen MR) is 221 cm³/mol. The van der Waals surface area contributed by atoms with Crippen LogP contribution >= 0.6 is 7.82 Å². The minimum Gasteiger partial charge on any atom is -0.462 e. The SMILES string of the molecule is CCCCCCCC/C=C\CCCCCCCC(=O)O[C@H](COC(=O)CCC/C=C\C/C=C\C/C=C\C/C=C\[C@@H](O)CCCC)COP(=O)(O)OCCN. The van der Waals surface area contributed by atoms with Crippen LogP contribution in [-0.4, -0.2) is 60.5 Å². The molecule has 0 fully saturated rings. The molecule has 0 saturated carbocycles. The van der Waals surface area contributed by atoms with E-state index in [4.69, 9.17) is 24.3 Å². The van der Waals surface area contributed by atoms with Crippen molar-refractivity contribution in [1.82, 2.24) is 0 Å². The van der Waals surface area contributed by atoms with E-state index in [1.54, 1.807) is 0 Å². The van der Waals surface area contributed by atoms with E-state index in [1.807, 2.05) is 18.2 Å². The van der Waals surface area contributed by atoms with Crippen molar-refractivity contribution >= 4 is 19.8 Å². The third kappa shape index (κ3) is 38.0. The molecule has 0 radical (unpaired) electrons. The quantitative estimate of drug-likeness (QED) is 0.0239. The largest absolute Gasteiger partial charge is 0.472 e. The molecule has 0 bridgehead atoms. The van der Waals surface area contributed by atoms with Crippen molar-refractivity contribution in [2.45, 2.75) is 174 Å². The molecule has 0 spiro atoms. The van der Waals surface area contributed by atoms with Gasteiger partial charge >= 0.3 is 19.8 Å². The van der Waals surface area contributed by atoms with Crippen LogP contribution in [0.15, 0.2) is 60.8 Å². The lowest BCUT2D eigenvalue weighted by Gasteiger charge is -2.19. The van der Waals surface area contributed by atoms with Crippen molar-refractivity contribution in [3.05, 3.63) is 60.8 Å². The summed E-state index contributed by atoms with van der Waals surface area (Å²) in [5, 5.41) is 9.80. The van der Waals surface area contributed by atoms with Crippen LogP contribution in [0.5, 0.6) is 0 Å². The average Bonchev–Trinajstić information content (AvgIpc) is 3.15. The minimum atomic E-state index is -4.40. The molecular formula is C43H76NO9P. The molecule has 0 aliphatic rings. The van der Waals surface area contributed by atoms with Crippen molar-refractivity contribution in [3.63, 3.8) is 0 Å². The van der Waals surface area contributed by atoms with Crippen LogP contribution < -0.4 is 5.73 Å². The van der Waals surface area contributed by atoms with Gasteiger partial charge < -0.3 is 25.2 Å². The average molecular weight is 782 g/mol. The number of ether oxygens (including phenoxy) is 2. The molecule has 0 rings (SSSR count). The van der Waals surface area contributed by atoms with Gasteiger partial charge in [-0.05, 0) is 70.6 Å². The molecule has 312 valence electrons. The molecular weight excluding hydrogens is 705 g/mol. The molecule has 11 heteroatoms. The van der Waals surface area contributed by atoms with Gasteiger partial charge in [0.1, 0.15) is 6.61 Å². The normalized spacial score (nSPS) is 14.5. The number of phosphoric ester groups is 1. The van der Waals surface area contributed by atoms with Gasteiger partial charge in [0.25, 0.3) is 0 Å². The third-order valence-corrected chi connectivity index (χ3v) is 9.43. The van der Waals surface area contributed by atoms with E-state index in [1.165, 1.54) is 44.9 Å². The maximum Gasteiger partial charge on any atom is 0.472 e. The number of carbonyl (C=O) groups excluding carboxylic acids is 2. The van der Waals surface area contributed by atoms with E-state index >= 15 is 0 Å². The van der Waals surface area contributed by atoms with E-state index in [0.29, 0.717) is 19.3 Å². The molecule has 0 aromatic rings. The Bertz CT molecular complexity index is 1090. The maximum atomic E-state index is 12.6. The molecule has 54 heavy (non-hydrogen) atoms. The maximum absolute atomic E-state index is 12.6. The topological polar surface area (TPSA) is 155 Å². The summed E-state index contributed by atoms with van der Waals surface area (Å²) in [4.78, 5) is 34.8. The smallest absolute Gasteiger partial charge is 0.462 e. The second kappa shape index (κ2) is 38.9. The van der Waals surface area contributed by atoms with Gasteiger partial charge in [0.15, 0.2) is 6.10 Å². The van der Waals surface area contributed by atoms with Crippen molar-refractivity contribution in [2.24, 2.45) is 5.73 Å². The number of aliphatic hydroxyl groups is 1. The van der Waals surface area contributed by atoms with E-state index in [9.17, 15) is 24.2 Å². The first-order chi connectivity index (χ1) is 26.2. The zero-order valence-electron chi connectivity index (χ0n) is 33.8. The first-order valence-corrected chi connectivity index (χ1v) is 22.3. The fourth-order valence-electron chi connectivity index (χ4n) is 5.29. The Hall–Kier alpha value is -2.33. The van der Waals surface area contributed by atoms with Crippen LogP contribution in [0.3, 0.4) is 0 Å². The molecule has 0 amide bonds. The lowest BCUT2D eigenvalue weighted by molar-refractivity contribution is -0.161. The first kappa shape index (κ1) is 51.7. The van der Waals surface area contributed by atoms with Crippen molar-refractivity contribution < 1.29 is 42.7 Å². The Morgan fingerprint density at radius 3 is 1.78 bits per heavy atom. The molecule has 1 unspecified atom stereocenters. The highest BCUT2D eigenvalue weighted by Crippen LogP contribution is 2.43. The summed E-state index contributed by atoms with van der Waals surface area (Å²) in [6, 6.07) is 0. The van der Waals surface area contributed by atoms with Crippen LogP contribution in [0.1, 0.15) is 162 Å². The number of carbonyl (C=O) groups is 2. The van der Waals surface area contributed by atoms with E-state index < -0.39 is 32.5 Å². The van der Waals surface area contributed by atoms with Crippen molar-refractivity contribution in [1.29, 1.82) is 0 Å². The molecule has 4 N–H and O–H groups in total. The van der Waals surface area contributed by atoms with Gasteiger partial charge in [-0.25, -0.2) is 4.57 Å². The van der Waals surface area contributed by atoms with E-state index in [0.717, 1.165) is 70.6 Å². The van der Waals surface area contributed by atoms with Crippen LogP contribution in [0, 0.1) is 0 Å². The summed E-state index contributed by atoms with van der Waals surface area (Å²) in [6.45, 7) is 3.47. The number of hydrogen-bond donors (Lipinski definition) is 3. The molecule has 10 nitrogen and oxygen atoms in total. The number of rotatable bonds is 38. The van der Waals surface area contributed by atoms with Crippen molar-refractivity contribution in [2.75, 3.05) is 26.4 Å². The Labute approximate surface area is 328 Å². The standard InChI is InChI=1S/C43H76NO9P/c1-3-5-7-8-9-10-11-12-13-14-19-22-25-28-31-35-43(47)53-41(39-52-54(48,49)51-37-36-44)38-50-42(46)34-30-27-24-21-18-16-15-17-20-23-26-29-33-40(45)32-6-4-2/h12-13,15-16,20-21,23-24,29,33,40-41,45H,3-11,14,17-19,22,25-28,30-32,34-39,44H2,1-2H3,(H,48,49)/b13-12-,16-15-,23-20-,24-21-,33-29-/t40-,41+/m0/s1. The van der Waals surface area contributed by atoms with Gasteiger partial charge in [0.05, 0.1) is 19.3 Å². The molecule has 0 aromatic carbocycles. The summed E-state index contributed by atoms with van der Waals surface area (Å²) in [7, 11) is -4.40. The van der Waals surface area contributed by atoms with Crippen molar-refractivity contribution in [3.8, 4) is 0 Å². The second-order valence-corrected chi connectivity index (χ2v) is 15.1. The molecule has 0 aliphatic carbocycles. The fourth-order valence-corrected chi connectivity index (χ4v) is 6.05. The van der Waals surface area contributed by atoms with Crippen LogP contribution in [0.4, 0.5) is 0 Å². The highest BCUT2D eigenvalue weighted by Gasteiger charge is 2.25. The monoisotopic (exact) mass is 782 g/mol. The number of aliphatic hydroxyl groups excluding tert-OH is 1. The minimum absolute atomic E-state index is 0.0362. The lowest BCUT2D eigenvalue weighted by atomic mass is 10.1. The van der Waals surface area contributed by atoms with Gasteiger partial charge in [-0.15, -0.1) is 0 Å². The van der Waals surface area contributed by atoms with Crippen LogP contribution in [0.25, 0.3) is 0 Å². The third-order valence-electron chi connectivity index (χ3n) is 8.45. The van der Waals surface area contributed by atoms with Gasteiger partial charge in [0.2, 0.25) is 0 Å². The fraction of sp³-hybridized carbons (Fsp3) is 0.721. The molecule has 0 heterocycles. The predicted octanol–water partition coefficient (Wildman–Crippen LogP) is 10.7. The number of esters is 2. The second-order valence-electron chi connectivity index (χ2n) is 13.7. The zero-order valence-corrected chi connectivity index (χ0v) is 34.7. The zero-order chi connectivity index (χ0) is 39.8. The first-order valence-electron chi connectivity index (χ1n) is 20.9. The molecule has 3 atom stereocenters. The number of nitrogens with two attached hydrogens (primary N) is 1. The molecule has 0 aliphatic heterocycles.